The molecule has 0 aromatic heterocycles. The molecule has 0 saturated heterocycles. The first-order valence-electron chi connectivity index (χ1n) is 6.49. The number of hydrogen-bond acceptors (Lipinski definition) is 2. The third-order valence-corrected chi connectivity index (χ3v) is 10.1. The maximum atomic E-state index is 11.3. The average Bonchev–Trinajstić information content (AvgIpc) is 2.40. The summed E-state index contributed by atoms with van der Waals surface area (Å²) in [7, 11) is 0. The Labute approximate surface area is 121 Å². The molecule has 2 rings (SSSR count). The first-order valence-corrected chi connectivity index (χ1v) is 12.5. The maximum absolute atomic E-state index is 11.3. The summed E-state index contributed by atoms with van der Waals surface area (Å²) in [4.78, 5) is 11.3. The standard InChI is InChI=1S/2C7H7.C2H4O2.Sn.H/c2*1-7-5-3-2-4-6-7;1-2(3)4;;/h2*2-6H,1H2;1H3,(H,3,4);;/q;;;+1;/p-1. The normalized spacial score (nSPS) is 10.4. The van der Waals surface area contributed by atoms with Crippen LogP contribution in [0.1, 0.15) is 18.1 Å². The van der Waals surface area contributed by atoms with Gasteiger partial charge in [-0.2, -0.15) is 0 Å². The van der Waals surface area contributed by atoms with Crippen LogP contribution in [-0.4, -0.2) is 26.1 Å². The number of carbonyl (C=O) groups is 1. The molecule has 0 saturated carbocycles. The van der Waals surface area contributed by atoms with E-state index in [2.05, 4.69) is 24.3 Å². The third-order valence-electron chi connectivity index (χ3n) is 2.95. The Kier molecular flexibility index (Phi) is 5.45. The quantitative estimate of drug-likeness (QED) is 0.766. The van der Waals surface area contributed by atoms with Crippen LogP contribution in [0, 0.1) is 0 Å². The number of benzene rings is 2. The van der Waals surface area contributed by atoms with Gasteiger partial charge in [-0.05, 0) is 0 Å². The minimum atomic E-state index is -2.36. The molecule has 3 heteroatoms. The van der Waals surface area contributed by atoms with E-state index in [4.69, 9.17) is 3.07 Å². The van der Waals surface area contributed by atoms with Crippen LogP contribution in [0.5, 0.6) is 0 Å². The van der Waals surface area contributed by atoms with Gasteiger partial charge in [0, 0.05) is 0 Å². The van der Waals surface area contributed by atoms with E-state index in [1.165, 1.54) is 18.1 Å². The zero-order chi connectivity index (χ0) is 13.5. The molecule has 0 amide bonds. The van der Waals surface area contributed by atoms with Crippen molar-refractivity contribution in [2.45, 2.75) is 15.8 Å². The predicted octanol–water partition coefficient (Wildman–Crippen LogP) is 2.84. The molecule has 2 aromatic rings. The summed E-state index contributed by atoms with van der Waals surface area (Å²) in [6.45, 7) is 1.51. The molecule has 2 aromatic carbocycles. The van der Waals surface area contributed by atoms with E-state index in [0.29, 0.717) is 0 Å². The van der Waals surface area contributed by atoms with Crippen molar-refractivity contribution in [3.05, 3.63) is 71.8 Å². The number of hydrogen-bond donors (Lipinski definition) is 0. The van der Waals surface area contributed by atoms with Crippen LogP contribution in [0.15, 0.2) is 60.7 Å². The summed E-state index contributed by atoms with van der Waals surface area (Å²) in [6.07, 6.45) is 0. The molecule has 0 bridgehead atoms. The van der Waals surface area contributed by atoms with E-state index in [1.807, 2.05) is 36.4 Å². The predicted molar refractivity (Wildman–Crippen MR) is 79.2 cm³/mol. The second-order valence-electron chi connectivity index (χ2n) is 4.61. The molecular formula is C16H18O2Sn. The first kappa shape index (κ1) is 14.1. The van der Waals surface area contributed by atoms with Gasteiger partial charge < -0.3 is 0 Å². The van der Waals surface area contributed by atoms with Crippen molar-refractivity contribution in [3.8, 4) is 0 Å². The molecule has 2 nitrogen and oxygen atoms in total. The summed E-state index contributed by atoms with van der Waals surface area (Å²) in [5, 5.41) is 0. The fourth-order valence-corrected chi connectivity index (χ4v) is 8.93. The zero-order valence-electron chi connectivity index (χ0n) is 11.1. The molecule has 0 aliphatic rings. The van der Waals surface area contributed by atoms with Crippen molar-refractivity contribution in [3.63, 3.8) is 0 Å². The average molecular weight is 361 g/mol. The Morgan fingerprint density at radius 3 is 1.68 bits per heavy atom. The topological polar surface area (TPSA) is 26.3 Å². The van der Waals surface area contributed by atoms with E-state index >= 15 is 0 Å². The second kappa shape index (κ2) is 7.34. The van der Waals surface area contributed by atoms with Gasteiger partial charge in [0.05, 0.1) is 0 Å². The van der Waals surface area contributed by atoms with Gasteiger partial charge in [-0.15, -0.1) is 0 Å². The Bertz CT molecular complexity index is 469. The van der Waals surface area contributed by atoms with Gasteiger partial charge in [0.15, 0.2) is 0 Å². The van der Waals surface area contributed by atoms with Gasteiger partial charge in [-0.25, -0.2) is 0 Å². The van der Waals surface area contributed by atoms with Crippen LogP contribution in [0.25, 0.3) is 0 Å². The Morgan fingerprint density at radius 1 is 0.895 bits per heavy atom. The van der Waals surface area contributed by atoms with Crippen molar-refractivity contribution in [1.29, 1.82) is 0 Å². The van der Waals surface area contributed by atoms with Gasteiger partial charge in [0.2, 0.25) is 0 Å². The van der Waals surface area contributed by atoms with Gasteiger partial charge in [-0.3, -0.25) is 0 Å². The van der Waals surface area contributed by atoms with Crippen molar-refractivity contribution in [2.24, 2.45) is 0 Å². The summed E-state index contributed by atoms with van der Waals surface area (Å²) in [6, 6.07) is 20.6. The molecule has 0 aliphatic carbocycles. The Hall–Kier alpha value is -1.29. The summed E-state index contributed by atoms with van der Waals surface area (Å²) in [5.74, 6) is -0.132. The van der Waals surface area contributed by atoms with Crippen LogP contribution in [0.4, 0.5) is 0 Å². The molecule has 98 valence electrons. The van der Waals surface area contributed by atoms with Crippen LogP contribution in [0.3, 0.4) is 0 Å². The van der Waals surface area contributed by atoms with E-state index < -0.39 is 20.2 Å². The van der Waals surface area contributed by atoms with Crippen molar-refractivity contribution in [2.75, 3.05) is 0 Å². The molecule has 0 N–H and O–H groups in total. The molecule has 0 aliphatic heterocycles. The summed E-state index contributed by atoms with van der Waals surface area (Å²) < 4.78 is 7.54. The zero-order valence-corrected chi connectivity index (χ0v) is 14.4. The summed E-state index contributed by atoms with van der Waals surface area (Å²) >= 11 is -2.36. The minimum absolute atomic E-state index is 0.132. The van der Waals surface area contributed by atoms with Crippen LogP contribution < -0.4 is 0 Å². The number of carbonyl (C=O) groups excluding carboxylic acids is 1. The molecular weight excluding hydrogens is 343 g/mol. The third kappa shape index (κ3) is 5.07. The van der Waals surface area contributed by atoms with Crippen molar-refractivity contribution in [1.82, 2.24) is 0 Å². The van der Waals surface area contributed by atoms with Gasteiger partial charge in [0.25, 0.3) is 0 Å². The molecule has 0 radical (unpaired) electrons. The monoisotopic (exact) mass is 362 g/mol. The van der Waals surface area contributed by atoms with Crippen LogP contribution >= 0.6 is 0 Å². The summed E-state index contributed by atoms with van der Waals surface area (Å²) in [5.41, 5.74) is 2.56. The fraction of sp³-hybridized carbons (Fsp3) is 0.188. The molecule has 0 fully saturated rings. The molecule has 0 atom stereocenters. The van der Waals surface area contributed by atoms with Gasteiger partial charge in [0.1, 0.15) is 0 Å². The van der Waals surface area contributed by atoms with E-state index in [9.17, 15) is 4.79 Å². The molecule has 19 heavy (non-hydrogen) atoms. The Morgan fingerprint density at radius 2 is 1.32 bits per heavy atom. The van der Waals surface area contributed by atoms with E-state index in [1.54, 1.807) is 0 Å². The SMILES string of the molecule is CC(=O)[O][SnH]([CH2]c1ccccc1)[CH2]c1ccccc1. The van der Waals surface area contributed by atoms with Crippen LogP contribution in [-0.2, 0) is 16.7 Å². The van der Waals surface area contributed by atoms with Gasteiger partial charge in [-0.1, -0.05) is 0 Å². The van der Waals surface area contributed by atoms with Crippen molar-refractivity contribution < 1.29 is 7.87 Å². The number of rotatable bonds is 5. The fourth-order valence-electron chi connectivity index (χ4n) is 2.14. The Balaban J connectivity index is 2.06. The first-order chi connectivity index (χ1) is 9.24. The second-order valence-corrected chi connectivity index (χ2v) is 11.2. The molecule has 0 spiro atoms. The van der Waals surface area contributed by atoms with E-state index in [-0.39, 0.29) is 5.97 Å². The van der Waals surface area contributed by atoms with Crippen LogP contribution in [0.2, 0.25) is 0 Å². The van der Waals surface area contributed by atoms with Crippen molar-refractivity contribution >= 4 is 26.1 Å². The van der Waals surface area contributed by atoms with E-state index in [0.717, 1.165) is 8.87 Å². The van der Waals surface area contributed by atoms with Gasteiger partial charge >= 0.3 is 122 Å². The molecule has 0 heterocycles. The molecule has 0 unspecified atom stereocenters.